The zero-order valence-corrected chi connectivity index (χ0v) is 18.1. The average Bonchev–Trinajstić information content (AvgIpc) is 3.59. The molecule has 1 aliphatic rings. The second-order valence-corrected chi connectivity index (χ2v) is 8.39. The number of nitrogens with zero attached hydrogens (tertiary/aromatic N) is 4. The van der Waals surface area contributed by atoms with Gasteiger partial charge in [0.05, 0.1) is 17.5 Å². The largest absolute Gasteiger partial charge is 0.383 e. The third kappa shape index (κ3) is 4.11. The molecule has 33 heavy (non-hydrogen) atoms. The molecular weight excluding hydrogens is 412 g/mol. The number of rotatable bonds is 5. The SMILES string of the molecule is Cc1cc(-c2ccccc2)ncc1-c1cc2cc(NC(=O)[C@H]3C[C@@H]3CC#N)ncc2c(N)n1. The topological polar surface area (TPSA) is 118 Å². The van der Waals surface area contributed by atoms with Gasteiger partial charge in [0.2, 0.25) is 5.91 Å². The Morgan fingerprint density at radius 3 is 2.73 bits per heavy atom. The van der Waals surface area contributed by atoms with Gasteiger partial charge in [-0.25, -0.2) is 9.97 Å². The van der Waals surface area contributed by atoms with Crippen molar-refractivity contribution in [3.05, 3.63) is 66.5 Å². The third-order valence-electron chi connectivity index (χ3n) is 6.07. The number of nitrogens with two attached hydrogens (primary N) is 1. The molecule has 0 aliphatic heterocycles. The summed E-state index contributed by atoms with van der Waals surface area (Å²) in [6.07, 6.45) is 4.60. The Labute approximate surface area is 191 Å². The smallest absolute Gasteiger partial charge is 0.228 e. The number of carbonyl (C=O) groups is 1. The molecule has 0 unspecified atom stereocenters. The molecule has 0 spiro atoms. The number of pyridine rings is 3. The fraction of sp³-hybridized carbons (Fsp3) is 0.192. The number of fused-ring (bicyclic) bond motifs is 1. The summed E-state index contributed by atoms with van der Waals surface area (Å²) in [7, 11) is 0. The van der Waals surface area contributed by atoms with Crippen LogP contribution in [0.4, 0.5) is 11.6 Å². The van der Waals surface area contributed by atoms with Gasteiger partial charge in [-0.15, -0.1) is 0 Å². The van der Waals surface area contributed by atoms with Crippen molar-refractivity contribution in [1.82, 2.24) is 15.0 Å². The van der Waals surface area contributed by atoms with Crippen LogP contribution in [0.5, 0.6) is 0 Å². The van der Waals surface area contributed by atoms with Crippen LogP contribution in [-0.4, -0.2) is 20.9 Å². The molecule has 162 valence electrons. The molecule has 0 bridgehead atoms. The third-order valence-corrected chi connectivity index (χ3v) is 6.07. The van der Waals surface area contributed by atoms with Crippen molar-refractivity contribution in [1.29, 1.82) is 5.26 Å². The fourth-order valence-electron chi connectivity index (χ4n) is 4.10. The van der Waals surface area contributed by atoms with E-state index in [2.05, 4.69) is 26.3 Å². The van der Waals surface area contributed by atoms with E-state index in [0.29, 0.717) is 23.8 Å². The van der Waals surface area contributed by atoms with Gasteiger partial charge in [0.15, 0.2) is 0 Å². The number of hydrogen-bond acceptors (Lipinski definition) is 6. The molecule has 1 aliphatic carbocycles. The van der Waals surface area contributed by atoms with Crippen LogP contribution < -0.4 is 11.1 Å². The summed E-state index contributed by atoms with van der Waals surface area (Å²) in [5.41, 5.74) is 10.8. The van der Waals surface area contributed by atoms with E-state index >= 15 is 0 Å². The van der Waals surface area contributed by atoms with Gasteiger partial charge in [-0.05, 0) is 48.4 Å². The maximum absolute atomic E-state index is 12.4. The summed E-state index contributed by atoms with van der Waals surface area (Å²) in [5, 5.41) is 13.2. The first-order chi connectivity index (χ1) is 16.0. The van der Waals surface area contributed by atoms with Crippen molar-refractivity contribution in [3.63, 3.8) is 0 Å². The van der Waals surface area contributed by atoms with E-state index in [1.165, 1.54) is 0 Å². The highest BCUT2D eigenvalue weighted by molar-refractivity contribution is 5.98. The molecule has 3 heterocycles. The van der Waals surface area contributed by atoms with E-state index in [1.54, 1.807) is 12.3 Å². The number of amides is 1. The summed E-state index contributed by atoms with van der Waals surface area (Å²) < 4.78 is 0. The lowest BCUT2D eigenvalue weighted by Gasteiger charge is -2.11. The average molecular weight is 435 g/mol. The van der Waals surface area contributed by atoms with Gasteiger partial charge in [-0.3, -0.25) is 9.78 Å². The van der Waals surface area contributed by atoms with Crippen LogP contribution in [0.2, 0.25) is 0 Å². The molecule has 3 aromatic heterocycles. The number of carbonyl (C=O) groups excluding carboxylic acids is 1. The molecule has 1 saturated carbocycles. The Morgan fingerprint density at radius 2 is 1.97 bits per heavy atom. The molecule has 5 rings (SSSR count). The Bertz CT molecular complexity index is 1410. The molecule has 1 fully saturated rings. The van der Waals surface area contributed by atoms with Gasteiger partial charge in [0.25, 0.3) is 0 Å². The van der Waals surface area contributed by atoms with Crippen molar-refractivity contribution in [2.24, 2.45) is 11.8 Å². The molecule has 7 nitrogen and oxygen atoms in total. The Hall–Kier alpha value is -4.31. The predicted octanol–water partition coefficient (Wildman–Crippen LogP) is 4.74. The quantitative estimate of drug-likeness (QED) is 0.468. The first kappa shape index (κ1) is 20.6. The summed E-state index contributed by atoms with van der Waals surface area (Å²) >= 11 is 0. The molecule has 2 atom stereocenters. The summed E-state index contributed by atoms with van der Waals surface area (Å²) in [6.45, 7) is 2.02. The van der Waals surface area contributed by atoms with Gasteiger partial charge >= 0.3 is 0 Å². The van der Waals surface area contributed by atoms with Crippen molar-refractivity contribution in [3.8, 4) is 28.6 Å². The second kappa shape index (κ2) is 8.32. The van der Waals surface area contributed by atoms with E-state index in [9.17, 15) is 4.79 Å². The second-order valence-electron chi connectivity index (χ2n) is 8.39. The van der Waals surface area contributed by atoms with Crippen LogP contribution in [0.15, 0.2) is 60.9 Å². The molecule has 4 aromatic rings. The van der Waals surface area contributed by atoms with Crippen molar-refractivity contribution in [2.45, 2.75) is 19.8 Å². The molecule has 0 saturated heterocycles. The summed E-state index contributed by atoms with van der Waals surface area (Å²) in [5.74, 6) is 0.769. The molecule has 3 N–H and O–H groups in total. The number of benzene rings is 1. The van der Waals surface area contributed by atoms with Crippen LogP contribution in [0.1, 0.15) is 18.4 Å². The highest BCUT2D eigenvalue weighted by atomic mass is 16.2. The zero-order valence-electron chi connectivity index (χ0n) is 18.1. The van der Waals surface area contributed by atoms with Crippen LogP contribution in [-0.2, 0) is 4.79 Å². The molecule has 7 heteroatoms. The van der Waals surface area contributed by atoms with Crippen molar-refractivity contribution >= 4 is 28.3 Å². The molecular formula is C26H22N6O. The molecule has 1 amide bonds. The monoisotopic (exact) mass is 434 g/mol. The lowest BCUT2D eigenvalue weighted by Crippen LogP contribution is -2.15. The molecule has 1 aromatic carbocycles. The van der Waals surface area contributed by atoms with Gasteiger partial charge in [0.1, 0.15) is 11.6 Å². The minimum atomic E-state index is -0.114. The van der Waals surface area contributed by atoms with Gasteiger partial charge in [-0.2, -0.15) is 5.26 Å². The zero-order chi connectivity index (χ0) is 22.9. The fourth-order valence-corrected chi connectivity index (χ4v) is 4.10. The Balaban J connectivity index is 1.45. The lowest BCUT2D eigenvalue weighted by molar-refractivity contribution is -0.117. The Morgan fingerprint density at radius 1 is 1.15 bits per heavy atom. The number of nitriles is 1. The maximum atomic E-state index is 12.4. The Kier molecular flexibility index (Phi) is 5.19. The van der Waals surface area contributed by atoms with Gasteiger partial charge < -0.3 is 11.1 Å². The number of nitrogens with one attached hydrogen (secondary N) is 1. The number of aryl methyl sites for hydroxylation is 1. The standard InChI is InChI=1S/C26H22N6O/c1-15-9-22(16-5-3-2-4-6-16)29-13-20(15)23-11-18-12-24(30-14-21(18)25(28)31-23)32-26(33)19-10-17(19)7-8-27/h2-6,9,11-14,17,19H,7,10H2,1H3,(H2,28,31)(H,30,32,33)/t17-,19-/m0/s1. The van der Waals surface area contributed by atoms with E-state index < -0.39 is 0 Å². The number of nitrogen functional groups attached to an aromatic ring is 1. The van der Waals surface area contributed by atoms with E-state index in [1.807, 2.05) is 55.6 Å². The first-order valence-electron chi connectivity index (χ1n) is 10.8. The van der Waals surface area contributed by atoms with E-state index in [-0.39, 0.29) is 17.7 Å². The molecule has 0 radical (unpaired) electrons. The highest BCUT2D eigenvalue weighted by Gasteiger charge is 2.42. The van der Waals surface area contributed by atoms with Crippen LogP contribution in [0.25, 0.3) is 33.3 Å². The lowest BCUT2D eigenvalue weighted by atomic mass is 10.0. The maximum Gasteiger partial charge on any atom is 0.228 e. The summed E-state index contributed by atoms with van der Waals surface area (Å²) in [4.78, 5) is 26.0. The van der Waals surface area contributed by atoms with Crippen LogP contribution in [0, 0.1) is 30.1 Å². The van der Waals surface area contributed by atoms with Crippen molar-refractivity contribution < 1.29 is 4.79 Å². The van der Waals surface area contributed by atoms with Gasteiger partial charge in [0, 0.05) is 41.2 Å². The van der Waals surface area contributed by atoms with Gasteiger partial charge in [-0.1, -0.05) is 30.3 Å². The van der Waals surface area contributed by atoms with E-state index in [0.717, 1.165) is 39.6 Å². The number of anilines is 2. The van der Waals surface area contributed by atoms with Crippen molar-refractivity contribution in [2.75, 3.05) is 11.1 Å². The summed E-state index contributed by atoms with van der Waals surface area (Å²) in [6, 6.07) is 17.9. The minimum absolute atomic E-state index is 0.0964. The predicted molar refractivity (Wildman–Crippen MR) is 128 cm³/mol. The van der Waals surface area contributed by atoms with Crippen LogP contribution >= 0.6 is 0 Å². The normalized spacial score (nSPS) is 16.8. The number of hydrogen-bond donors (Lipinski definition) is 2. The van der Waals surface area contributed by atoms with Crippen LogP contribution in [0.3, 0.4) is 0 Å². The number of aromatic nitrogens is 3. The highest BCUT2D eigenvalue weighted by Crippen LogP contribution is 2.41. The first-order valence-corrected chi connectivity index (χ1v) is 10.8. The van der Waals surface area contributed by atoms with E-state index in [4.69, 9.17) is 11.0 Å². The minimum Gasteiger partial charge on any atom is -0.383 e.